The van der Waals surface area contributed by atoms with E-state index in [0.29, 0.717) is 0 Å². The highest BCUT2D eigenvalue weighted by atomic mass is 32.2. The van der Waals surface area contributed by atoms with Crippen molar-refractivity contribution in [1.82, 2.24) is 9.55 Å². The van der Waals surface area contributed by atoms with E-state index in [0.717, 1.165) is 58.1 Å². The number of nitrogens with zero attached hydrogens (tertiary/aromatic N) is 2. The first kappa shape index (κ1) is 20.9. The van der Waals surface area contributed by atoms with Crippen molar-refractivity contribution in [2.24, 2.45) is 0 Å². The van der Waals surface area contributed by atoms with Crippen molar-refractivity contribution in [3.63, 3.8) is 0 Å². The largest absolute Gasteiger partial charge is 0.268 e. The molecule has 0 bridgehead atoms. The van der Waals surface area contributed by atoms with Crippen LogP contribution in [0.3, 0.4) is 0 Å². The monoisotopic (exact) mass is 434 g/mol. The van der Waals surface area contributed by atoms with E-state index in [1.807, 2.05) is 36.4 Å². The van der Waals surface area contributed by atoms with Gasteiger partial charge in [-0.3, -0.25) is 9.36 Å². The molecule has 2 heterocycles. The number of para-hydroxylation sites is 1. The number of benzene rings is 2. The number of hydrogen-bond acceptors (Lipinski definition) is 4. The van der Waals surface area contributed by atoms with E-state index in [1.54, 1.807) is 27.7 Å². The number of hydrogen-bond donors (Lipinski definition) is 0. The van der Waals surface area contributed by atoms with E-state index in [4.69, 9.17) is 4.98 Å². The summed E-state index contributed by atoms with van der Waals surface area (Å²) < 4.78 is 1.80. The number of aromatic nitrogens is 2. The molecular formula is C25H26N2OS2. The first-order valence-corrected chi connectivity index (χ1v) is 12.3. The normalized spacial score (nSPS) is 11.3. The summed E-state index contributed by atoms with van der Waals surface area (Å²) in [5.74, 6) is 0.922. The SMILES string of the molecule is CCCc1sc2nc(SCCCc3ccccc3)n(-c3ccccc3)c(=O)c2c1C. The van der Waals surface area contributed by atoms with Crippen molar-refractivity contribution >= 4 is 33.3 Å². The Bertz CT molecular complexity index is 1180. The number of aryl methyl sites for hydroxylation is 3. The Morgan fingerprint density at radius 1 is 1.00 bits per heavy atom. The third kappa shape index (κ3) is 4.37. The quantitative estimate of drug-likeness (QED) is 0.182. The lowest BCUT2D eigenvalue weighted by molar-refractivity contribution is 0.818. The Balaban J connectivity index is 1.68. The highest BCUT2D eigenvalue weighted by Gasteiger charge is 2.18. The molecule has 0 saturated heterocycles. The van der Waals surface area contributed by atoms with Crippen molar-refractivity contribution in [3.05, 3.63) is 87.0 Å². The highest BCUT2D eigenvalue weighted by Crippen LogP contribution is 2.31. The molecular weight excluding hydrogens is 408 g/mol. The fraction of sp³-hybridized carbons (Fsp3) is 0.280. The molecule has 3 nitrogen and oxygen atoms in total. The van der Waals surface area contributed by atoms with Gasteiger partial charge in [0.2, 0.25) is 0 Å². The molecule has 154 valence electrons. The second-order valence-electron chi connectivity index (χ2n) is 7.39. The van der Waals surface area contributed by atoms with Crippen LogP contribution in [0, 0.1) is 6.92 Å². The molecule has 0 atom stereocenters. The molecule has 2 aromatic heterocycles. The Labute approximate surface area is 185 Å². The van der Waals surface area contributed by atoms with E-state index >= 15 is 0 Å². The maximum absolute atomic E-state index is 13.6. The lowest BCUT2D eigenvalue weighted by Crippen LogP contribution is -2.21. The van der Waals surface area contributed by atoms with Gasteiger partial charge in [-0.25, -0.2) is 4.98 Å². The summed E-state index contributed by atoms with van der Waals surface area (Å²) in [6.07, 6.45) is 4.14. The minimum atomic E-state index is 0.0489. The average molecular weight is 435 g/mol. The van der Waals surface area contributed by atoms with Crippen molar-refractivity contribution in [2.75, 3.05) is 5.75 Å². The third-order valence-corrected chi connectivity index (χ3v) is 7.48. The Morgan fingerprint density at radius 3 is 2.40 bits per heavy atom. The summed E-state index contributed by atoms with van der Waals surface area (Å²) in [6, 6.07) is 20.4. The number of thiophene rings is 1. The average Bonchev–Trinajstić information content (AvgIpc) is 3.08. The lowest BCUT2D eigenvalue weighted by Gasteiger charge is -2.12. The van der Waals surface area contributed by atoms with Crippen molar-refractivity contribution in [2.45, 2.75) is 44.7 Å². The van der Waals surface area contributed by atoms with Crippen LogP contribution in [0.15, 0.2) is 70.6 Å². The predicted molar refractivity (Wildman–Crippen MR) is 129 cm³/mol. The van der Waals surface area contributed by atoms with Gasteiger partial charge in [-0.15, -0.1) is 11.3 Å². The van der Waals surface area contributed by atoms with Crippen LogP contribution >= 0.6 is 23.1 Å². The van der Waals surface area contributed by atoms with E-state index in [1.165, 1.54) is 10.4 Å². The first-order chi connectivity index (χ1) is 14.7. The van der Waals surface area contributed by atoms with Gasteiger partial charge in [0, 0.05) is 10.6 Å². The maximum atomic E-state index is 13.6. The van der Waals surface area contributed by atoms with E-state index in [2.05, 4.69) is 38.1 Å². The molecule has 0 spiro atoms. The number of rotatable bonds is 8. The molecule has 0 amide bonds. The highest BCUT2D eigenvalue weighted by molar-refractivity contribution is 7.99. The van der Waals surface area contributed by atoms with Gasteiger partial charge < -0.3 is 0 Å². The van der Waals surface area contributed by atoms with Gasteiger partial charge in [-0.1, -0.05) is 73.6 Å². The lowest BCUT2D eigenvalue weighted by atomic mass is 10.1. The summed E-state index contributed by atoms with van der Waals surface area (Å²) in [6.45, 7) is 4.24. The van der Waals surface area contributed by atoms with Crippen LogP contribution in [0.5, 0.6) is 0 Å². The predicted octanol–water partition coefficient (Wildman–Crippen LogP) is 6.43. The summed E-state index contributed by atoms with van der Waals surface area (Å²) in [5, 5.41) is 1.57. The Morgan fingerprint density at radius 2 is 1.70 bits per heavy atom. The summed E-state index contributed by atoms with van der Waals surface area (Å²) in [7, 11) is 0. The van der Waals surface area contributed by atoms with Crippen LogP contribution < -0.4 is 5.56 Å². The Kier molecular flexibility index (Phi) is 6.70. The topological polar surface area (TPSA) is 34.9 Å². The molecule has 0 radical (unpaired) electrons. The van der Waals surface area contributed by atoms with Crippen molar-refractivity contribution < 1.29 is 0 Å². The fourth-order valence-electron chi connectivity index (χ4n) is 3.66. The van der Waals surface area contributed by atoms with Gasteiger partial charge in [0.05, 0.1) is 11.1 Å². The second kappa shape index (κ2) is 9.63. The van der Waals surface area contributed by atoms with Gasteiger partial charge in [0.1, 0.15) is 4.83 Å². The standard InChI is InChI=1S/C25H26N2OS2/c1-3-11-21-18(2)22-23(30-21)26-25(27(24(22)28)20-15-8-5-9-16-20)29-17-10-14-19-12-6-4-7-13-19/h4-9,12-13,15-16H,3,10-11,14,17H2,1-2H3. The summed E-state index contributed by atoms with van der Waals surface area (Å²) in [5.41, 5.74) is 3.37. The smallest absolute Gasteiger partial charge is 0.267 e. The molecule has 4 rings (SSSR count). The van der Waals surface area contributed by atoms with Gasteiger partial charge in [-0.05, 0) is 49.4 Å². The third-order valence-electron chi connectivity index (χ3n) is 5.21. The maximum Gasteiger partial charge on any atom is 0.267 e. The van der Waals surface area contributed by atoms with Crippen LogP contribution in [0.25, 0.3) is 15.9 Å². The molecule has 0 aliphatic rings. The van der Waals surface area contributed by atoms with Gasteiger partial charge in [-0.2, -0.15) is 0 Å². The zero-order valence-corrected chi connectivity index (χ0v) is 19.1. The number of fused-ring (bicyclic) bond motifs is 1. The van der Waals surface area contributed by atoms with Gasteiger partial charge in [0.15, 0.2) is 5.16 Å². The van der Waals surface area contributed by atoms with Crippen LogP contribution in [-0.4, -0.2) is 15.3 Å². The molecule has 2 aromatic carbocycles. The van der Waals surface area contributed by atoms with E-state index in [9.17, 15) is 4.79 Å². The molecule has 0 aliphatic heterocycles. The molecule has 5 heteroatoms. The van der Waals surface area contributed by atoms with Crippen LogP contribution in [0.1, 0.15) is 35.8 Å². The Hall–Kier alpha value is -2.37. The summed E-state index contributed by atoms with van der Waals surface area (Å²) in [4.78, 5) is 20.7. The molecule has 0 saturated carbocycles. The minimum Gasteiger partial charge on any atom is -0.268 e. The van der Waals surface area contributed by atoms with Gasteiger partial charge in [0.25, 0.3) is 5.56 Å². The second-order valence-corrected chi connectivity index (χ2v) is 9.53. The summed E-state index contributed by atoms with van der Waals surface area (Å²) >= 11 is 3.36. The van der Waals surface area contributed by atoms with Crippen LogP contribution in [0.2, 0.25) is 0 Å². The minimum absolute atomic E-state index is 0.0489. The molecule has 0 fully saturated rings. The number of thioether (sulfide) groups is 1. The van der Waals surface area contributed by atoms with E-state index in [-0.39, 0.29) is 5.56 Å². The van der Waals surface area contributed by atoms with Crippen molar-refractivity contribution in [1.29, 1.82) is 0 Å². The molecule has 0 N–H and O–H groups in total. The van der Waals surface area contributed by atoms with E-state index < -0.39 is 0 Å². The first-order valence-electron chi connectivity index (χ1n) is 10.5. The van der Waals surface area contributed by atoms with Crippen LogP contribution in [-0.2, 0) is 12.8 Å². The molecule has 30 heavy (non-hydrogen) atoms. The zero-order valence-electron chi connectivity index (χ0n) is 17.4. The van der Waals surface area contributed by atoms with Gasteiger partial charge >= 0.3 is 0 Å². The zero-order chi connectivity index (χ0) is 20.9. The molecule has 0 aliphatic carbocycles. The fourth-order valence-corrected chi connectivity index (χ4v) is 5.93. The van der Waals surface area contributed by atoms with Crippen molar-refractivity contribution in [3.8, 4) is 5.69 Å². The molecule has 0 unspecified atom stereocenters. The van der Waals surface area contributed by atoms with Crippen LogP contribution in [0.4, 0.5) is 0 Å². The molecule has 4 aromatic rings.